The Morgan fingerprint density at radius 2 is 1.20 bits per heavy atom. The molecule has 43 nitrogen and oxygen atoms in total. The van der Waals surface area contributed by atoms with Gasteiger partial charge in [0.1, 0.15) is 78.3 Å². The molecule has 3 aromatic heterocycles. The van der Waals surface area contributed by atoms with Gasteiger partial charge in [0.25, 0.3) is 0 Å². The molecule has 680 valence electrons. The second-order valence-corrected chi connectivity index (χ2v) is 31.6. The summed E-state index contributed by atoms with van der Waals surface area (Å²) in [6.45, 7) is 1.44. The molecule has 0 saturated carbocycles. The Hall–Kier alpha value is -13.0. The number of amides is 13. The van der Waals surface area contributed by atoms with Gasteiger partial charge in [-0.1, -0.05) is 56.2 Å². The molecule has 43 heteroatoms. The predicted octanol–water partition coefficient (Wildman–Crippen LogP) is -3.28. The van der Waals surface area contributed by atoms with Gasteiger partial charge in [0.15, 0.2) is 5.96 Å². The first kappa shape index (κ1) is 97.5. The van der Waals surface area contributed by atoms with Gasteiger partial charge in [-0.2, -0.15) is 0 Å². The summed E-state index contributed by atoms with van der Waals surface area (Å²) in [4.78, 5) is 260. The minimum atomic E-state index is -1.74. The van der Waals surface area contributed by atoms with Crippen molar-refractivity contribution >= 4 is 113 Å². The van der Waals surface area contributed by atoms with Gasteiger partial charge in [0, 0.05) is 101 Å². The number of likely N-dealkylation sites (tertiary alicyclic amines) is 2. The number of allylic oxidation sites excluding steroid dienone is 1. The molecule has 4 aromatic rings. The summed E-state index contributed by atoms with van der Waals surface area (Å²) in [7, 11) is 0. The van der Waals surface area contributed by atoms with Crippen LogP contribution in [0.2, 0.25) is 0 Å². The lowest BCUT2D eigenvalue weighted by Gasteiger charge is -2.34. The molecule has 1 aromatic carbocycles. The summed E-state index contributed by atoms with van der Waals surface area (Å²) >= 11 is 0. The maximum atomic E-state index is 15.7. The number of rotatable bonds is 39. The molecule has 3 fully saturated rings. The zero-order chi connectivity index (χ0) is 90.7. The number of unbranched alkanes of at least 4 members (excludes halogenated alkanes) is 2. The average Bonchev–Trinajstić information content (AvgIpc) is 1.66. The van der Waals surface area contributed by atoms with Crippen LogP contribution in [0.4, 0.5) is 0 Å². The number of carbonyl (C=O) groups excluding carboxylic acids is 14. The van der Waals surface area contributed by atoms with Gasteiger partial charge in [0.05, 0.1) is 32.3 Å². The largest absolute Gasteiger partial charge is 0.481 e. The Kier molecular flexibility index (Phi) is 38.5. The van der Waals surface area contributed by atoms with Crippen molar-refractivity contribution in [1.29, 1.82) is 5.41 Å². The third kappa shape index (κ3) is 31.4. The van der Waals surface area contributed by atoms with Gasteiger partial charge in [-0.05, 0) is 139 Å². The number of H-pyrrole nitrogens is 3. The number of nitrogens with zero attached hydrogens (tertiary/aromatic N) is 5. The second-order valence-electron chi connectivity index (χ2n) is 31.6. The molecule has 13 amide bonds. The molecule has 1 aliphatic carbocycles. The molecule has 0 unspecified atom stereocenters. The van der Waals surface area contributed by atoms with Crippen molar-refractivity contribution in [2.45, 2.75) is 240 Å². The van der Waals surface area contributed by atoms with E-state index in [4.69, 9.17) is 16.9 Å². The first-order valence-corrected chi connectivity index (χ1v) is 42.3. The highest BCUT2D eigenvalue weighted by Crippen LogP contribution is 2.28. The number of carbonyl (C=O) groups is 17. The van der Waals surface area contributed by atoms with Crippen LogP contribution in [0.3, 0.4) is 0 Å². The Morgan fingerprint density at radius 1 is 0.608 bits per heavy atom. The normalized spacial score (nSPS) is 21.0. The molecule has 12 atom stereocenters. The van der Waals surface area contributed by atoms with Crippen LogP contribution in [0.5, 0.6) is 0 Å². The monoisotopic (exact) mass is 1740 g/mol. The number of carboxylic acid groups (broad SMARTS) is 3. The van der Waals surface area contributed by atoms with E-state index in [1.807, 2.05) is 19.1 Å². The van der Waals surface area contributed by atoms with Crippen LogP contribution in [0.15, 0.2) is 67.7 Å². The van der Waals surface area contributed by atoms with E-state index >= 15 is 24.0 Å². The fraction of sp³-hybridized carbons (Fsp3) is 0.561. The first-order chi connectivity index (χ1) is 59.8. The Labute approximate surface area is 720 Å². The van der Waals surface area contributed by atoms with Crippen molar-refractivity contribution in [2.24, 2.45) is 11.5 Å². The van der Waals surface area contributed by atoms with E-state index in [-0.39, 0.29) is 166 Å². The summed E-state index contributed by atoms with van der Waals surface area (Å²) in [6.07, 6.45) is 11.1. The Bertz CT molecular complexity index is 4430. The molecule has 6 heterocycles. The molecule has 0 spiro atoms. The van der Waals surface area contributed by atoms with Crippen LogP contribution in [-0.2, 0) is 114 Å². The molecule has 3 saturated heterocycles. The van der Waals surface area contributed by atoms with Crippen molar-refractivity contribution in [1.82, 2.24) is 103 Å². The highest BCUT2D eigenvalue weighted by atomic mass is 16.4. The molecule has 125 heavy (non-hydrogen) atoms. The molecule has 8 rings (SSSR count). The number of nitrogens with one attached hydrogen (secondary N) is 16. The molecule has 4 aliphatic rings. The first-order valence-electron chi connectivity index (χ1n) is 42.3. The number of aromatic amines is 3. The van der Waals surface area contributed by atoms with Gasteiger partial charge in [0.2, 0.25) is 76.8 Å². The predicted molar refractivity (Wildman–Crippen MR) is 448 cm³/mol. The van der Waals surface area contributed by atoms with Crippen LogP contribution < -0.4 is 75.3 Å². The van der Waals surface area contributed by atoms with Gasteiger partial charge < -0.3 is 115 Å². The number of ketones is 1. The SMILES string of the molecule is CCCC[C@H](NC(=O)[C@H](CCCCN(CC(=O)O)CC(=O)O)NC(=O)[C@H](CCC(=O)O)NC(=O)[C@H](Cc1cnc[nH]1)NC(=O)[C@@H]1CCCN1C(=O)[C@@H]1CCCN1C(=O)[C@@H]1CCCNCC(=O)CC[C@H](NC(C)=O)C(=O)N[C@@H](Cc2cnc[nH]2)C(=O)N[C@H](Cc2ccccc2)C(=O)N[C@@H](CCCNC(=N)N)C(=O)N[C@@H](Cc2c[nH]c3c2CCC=C3)C(=O)N1)C(N)=O. The number of hydrogen-bond donors (Lipinski definition) is 21. The molecule has 0 radical (unpaired) electrons. The number of aliphatic carboxylic acids is 3. The van der Waals surface area contributed by atoms with Crippen LogP contribution in [0.25, 0.3) is 6.08 Å². The van der Waals surface area contributed by atoms with Crippen molar-refractivity contribution < 1.29 is 96.8 Å². The van der Waals surface area contributed by atoms with E-state index in [9.17, 15) is 72.9 Å². The zero-order valence-corrected chi connectivity index (χ0v) is 70.2. The second kappa shape index (κ2) is 49.4. The number of aromatic nitrogens is 5. The minimum absolute atomic E-state index is 0.0173. The molecule has 23 N–H and O–H groups in total. The van der Waals surface area contributed by atoms with E-state index in [1.54, 1.807) is 36.5 Å². The fourth-order valence-electron chi connectivity index (χ4n) is 15.5. The van der Waals surface area contributed by atoms with E-state index in [2.05, 4.69) is 88.7 Å². The van der Waals surface area contributed by atoms with E-state index in [0.717, 1.165) is 16.2 Å². The lowest BCUT2D eigenvalue weighted by atomic mass is 9.95. The molecule has 0 bridgehead atoms. The lowest BCUT2D eigenvalue weighted by molar-refractivity contribution is -0.148. The van der Waals surface area contributed by atoms with Crippen molar-refractivity contribution in [3.63, 3.8) is 0 Å². The van der Waals surface area contributed by atoms with Gasteiger partial charge >= 0.3 is 17.9 Å². The average molecular weight is 1740 g/mol. The summed E-state index contributed by atoms with van der Waals surface area (Å²) in [5, 5.41) is 69.2. The van der Waals surface area contributed by atoms with E-state index < -0.39 is 199 Å². The highest BCUT2D eigenvalue weighted by molar-refractivity contribution is 6.01. The van der Waals surface area contributed by atoms with Crippen molar-refractivity contribution in [2.75, 3.05) is 52.4 Å². The number of guanidine groups is 1. The minimum Gasteiger partial charge on any atom is -0.481 e. The Morgan fingerprint density at radius 3 is 1.83 bits per heavy atom. The third-order valence-corrected chi connectivity index (χ3v) is 22.0. The maximum Gasteiger partial charge on any atom is 0.317 e. The summed E-state index contributed by atoms with van der Waals surface area (Å²) in [6, 6.07) is -8.76. The van der Waals surface area contributed by atoms with E-state index in [0.29, 0.717) is 42.5 Å². The molecule has 3 aliphatic heterocycles. The van der Waals surface area contributed by atoms with Crippen molar-refractivity contribution in [3.8, 4) is 0 Å². The standard InChI is InChI=1S/C82H117N23O20/c1-3-4-19-55(70(83)114)94-71(115)56(21-10-11-32-103(43-68(110)111)44-69(112)113)95-74(118)59(28-29-67(108)109)97-77(121)64(38-51-41-88-46-92-51)102-79(123)65-24-14-33-104(65)81(125)66-25-15-34-105(66)80(124)60-23-12-30-86-42-52(107)26-27-58(93-47(2)106)73(117)101-63(37-50-40-87-45-91-50)78(122)99-61(35-48-16-6-5-7-17-48)75(119)96-57(22-13-31-89-82(84)85)72(116)100-62(76(120)98-60)36-49-39-90-54-20-9-8-18-53(49)54/h5-7,9,16-17,20,39-41,45-46,55-66,86,90H,3-4,8,10-15,18-19,21-38,42-44H2,1-2H3,(H2,83,114)(H,87,91)(H,88,92)(H,93,106)(H,94,115)(H,95,118)(H,96,119)(H,97,121)(H,98,120)(H,99,122)(H,100,116)(H,101,117)(H,102,123)(H,108,109)(H,110,111)(H,112,113)(H4,84,85,89)/t55-,56-,57-,58-,59-,60-,61+,62-,63-,64-,65-,66-/m0/s1. The number of nitrogens with two attached hydrogens (primary N) is 2. The summed E-state index contributed by atoms with van der Waals surface area (Å²) in [5.41, 5.74) is 14.8. The fourth-order valence-corrected chi connectivity index (χ4v) is 15.5. The van der Waals surface area contributed by atoms with Crippen molar-refractivity contribution in [3.05, 3.63) is 101 Å². The zero-order valence-electron chi connectivity index (χ0n) is 70.2. The molecular formula is C82H117N23O20. The number of hydrogen-bond acceptors (Lipinski definition) is 22. The smallest absolute Gasteiger partial charge is 0.317 e. The quantitative estimate of drug-likeness (QED) is 0.0118. The number of primary amides is 1. The number of carboxylic acids is 3. The van der Waals surface area contributed by atoms with Gasteiger partial charge in [-0.15, -0.1) is 0 Å². The van der Waals surface area contributed by atoms with E-state index in [1.165, 1.54) is 41.8 Å². The highest BCUT2D eigenvalue weighted by Gasteiger charge is 2.46. The number of Topliss-reactive ketones (excluding diaryl/α,β-unsaturated/α-hetero) is 1. The topological polar surface area (TPSA) is 654 Å². The Balaban J connectivity index is 1.07. The number of benzene rings is 1. The lowest BCUT2D eigenvalue weighted by Crippen LogP contribution is -2.61. The van der Waals surface area contributed by atoms with Crippen LogP contribution in [0, 0.1) is 5.41 Å². The van der Waals surface area contributed by atoms with Gasteiger partial charge in [-0.25, -0.2) is 9.97 Å². The maximum absolute atomic E-state index is 15.7. The molecular weight excluding hydrogens is 1630 g/mol. The van der Waals surface area contributed by atoms with Crippen LogP contribution in [0.1, 0.15) is 170 Å². The number of imidazole rings is 2. The third-order valence-electron chi connectivity index (χ3n) is 22.0. The van der Waals surface area contributed by atoms with Crippen LogP contribution >= 0.6 is 0 Å². The van der Waals surface area contributed by atoms with Gasteiger partial charge in [-0.3, -0.25) is 91.8 Å². The summed E-state index contributed by atoms with van der Waals surface area (Å²) in [5.74, 6) is -15.9. The number of fused-ring (bicyclic) bond motifs is 1. The van der Waals surface area contributed by atoms with Crippen LogP contribution in [-0.4, -0.2) is 286 Å². The summed E-state index contributed by atoms with van der Waals surface area (Å²) < 4.78 is 0.